The Hall–Kier alpha value is -0.0800. The molecular weight excluding hydrogens is 162 g/mol. The maximum absolute atomic E-state index is 6.00. The van der Waals surface area contributed by atoms with E-state index in [1.54, 1.807) is 7.11 Å². The van der Waals surface area contributed by atoms with E-state index in [0.29, 0.717) is 12.1 Å². The lowest BCUT2D eigenvalue weighted by atomic mass is 9.95. The molecule has 0 radical (unpaired) electrons. The van der Waals surface area contributed by atoms with Crippen LogP contribution in [0.4, 0.5) is 0 Å². The molecule has 2 heteroatoms. The number of hydrogen-bond acceptors (Lipinski definition) is 2. The second-order valence-corrected chi connectivity index (χ2v) is 4.17. The van der Waals surface area contributed by atoms with Crippen molar-refractivity contribution in [3.63, 3.8) is 0 Å². The molecule has 80 valence electrons. The van der Waals surface area contributed by atoms with E-state index in [1.807, 2.05) is 0 Å². The normalized spacial score (nSPS) is 18.2. The molecule has 0 bridgehead atoms. The van der Waals surface area contributed by atoms with Gasteiger partial charge in [-0.1, -0.05) is 26.7 Å². The van der Waals surface area contributed by atoms with Gasteiger partial charge in [-0.15, -0.1) is 0 Å². The monoisotopic (exact) mass is 187 g/mol. The van der Waals surface area contributed by atoms with Crippen LogP contribution in [0, 0.1) is 5.92 Å². The summed E-state index contributed by atoms with van der Waals surface area (Å²) in [5.74, 6) is 0.754. The summed E-state index contributed by atoms with van der Waals surface area (Å²) in [5, 5.41) is 0. The predicted octanol–water partition coefficient (Wildman–Crippen LogP) is 2.57. The first kappa shape index (κ1) is 12.9. The molecule has 13 heavy (non-hydrogen) atoms. The average molecular weight is 187 g/mol. The summed E-state index contributed by atoms with van der Waals surface area (Å²) >= 11 is 0. The molecule has 3 atom stereocenters. The van der Waals surface area contributed by atoms with Crippen LogP contribution in [0.15, 0.2) is 0 Å². The van der Waals surface area contributed by atoms with E-state index in [1.165, 1.54) is 12.8 Å². The molecule has 0 amide bonds. The highest BCUT2D eigenvalue weighted by Gasteiger charge is 2.11. The van der Waals surface area contributed by atoms with E-state index >= 15 is 0 Å². The van der Waals surface area contributed by atoms with Gasteiger partial charge in [0.1, 0.15) is 0 Å². The van der Waals surface area contributed by atoms with Crippen LogP contribution < -0.4 is 5.73 Å². The van der Waals surface area contributed by atoms with Crippen molar-refractivity contribution in [3.05, 3.63) is 0 Å². The molecule has 3 unspecified atom stereocenters. The molecule has 0 rings (SSSR count). The van der Waals surface area contributed by atoms with Crippen LogP contribution in [0.2, 0.25) is 0 Å². The second kappa shape index (κ2) is 7.34. The molecule has 0 aromatic carbocycles. The van der Waals surface area contributed by atoms with E-state index in [2.05, 4.69) is 20.8 Å². The minimum absolute atomic E-state index is 0.295. The van der Waals surface area contributed by atoms with E-state index < -0.39 is 0 Å². The van der Waals surface area contributed by atoms with Crippen molar-refractivity contribution in [2.75, 3.05) is 7.11 Å². The molecule has 0 spiro atoms. The summed E-state index contributed by atoms with van der Waals surface area (Å²) in [6.07, 6.45) is 4.94. The second-order valence-electron chi connectivity index (χ2n) is 4.17. The zero-order chi connectivity index (χ0) is 10.3. The summed E-state index contributed by atoms with van der Waals surface area (Å²) in [6.45, 7) is 6.57. The third kappa shape index (κ3) is 7.03. The van der Waals surface area contributed by atoms with E-state index in [0.717, 1.165) is 18.8 Å². The predicted molar refractivity (Wildman–Crippen MR) is 57.8 cm³/mol. The molecule has 0 saturated heterocycles. The molecule has 2 N–H and O–H groups in total. The molecule has 0 aromatic heterocycles. The Bertz CT molecular complexity index is 117. The summed E-state index contributed by atoms with van der Waals surface area (Å²) < 4.78 is 5.18. The van der Waals surface area contributed by atoms with Gasteiger partial charge >= 0.3 is 0 Å². The van der Waals surface area contributed by atoms with Gasteiger partial charge in [-0.3, -0.25) is 0 Å². The van der Waals surface area contributed by atoms with Gasteiger partial charge in [0.25, 0.3) is 0 Å². The van der Waals surface area contributed by atoms with Crippen LogP contribution in [-0.2, 0) is 4.74 Å². The van der Waals surface area contributed by atoms with Crippen molar-refractivity contribution >= 4 is 0 Å². The van der Waals surface area contributed by atoms with Gasteiger partial charge in [0.15, 0.2) is 0 Å². The number of nitrogens with two attached hydrogens (primary N) is 1. The van der Waals surface area contributed by atoms with Crippen LogP contribution in [0.3, 0.4) is 0 Å². The fourth-order valence-corrected chi connectivity index (χ4v) is 1.75. The average Bonchev–Trinajstić information content (AvgIpc) is 2.04. The largest absolute Gasteiger partial charge is 0.382 e. The highest BCUT2D eigenvalue weighted by atomic mass is 16.5. The minimum atomic E-state index is 0.295. The zero-order valence-electron chi connectivity index (χ0n) is 9.55. The van der Waals surface area contributed by atoms with Crippen molar-refractivity contribution in [1.82, 2.24) is 0 Å². The Morgan fingerprint density at radius 1 is 1.23 bits per heavy atom. The van der Waals surface area contributed by atoms with Gasteiger partial charge in [0.05, 0.1) is 6.10 Å². The van der Waals surface area contributed by atoms with Crippen molar-refractivity contribution in [2.45, 2.75) is 58.6 Å². The highest BCUT2D eigenvalue weighted by molar-refractivity contribution is 4.68. The smallest absolute Gasteiger partial charge is 0.0558 e. The van der Waals surface area contributed by atoms with Gasteiger partial charge in [-0.25, -0.2) is 0 Å². The molecule has 2 nitrogen and oxygen atoms in total. The first-order valence-electron chi connectivity index (χ1n) is 5.38. The summed E-state index contributed by atoms with van der Waals surface area (Å²) in [6, 6.07) is 0.302. The Labute approximate surface area is 82.8 Å². The van der Waals surface area contributed by atoms with Crippen LogP contribution >= 0.6 is 0 Å². The van der Waals surface area contributed by atoms with Crippen molar-refractivity contribution in [1.29, 1.82) is 0 Å². The maximum Gasteiger partial charge on any atom is 0.0558 e. The standard InChI is InChI=1S/C11H25NO/c1-5-6-9(2)7-11(12)8-10(3)13-4/h9-11H,5-8,12H2,1-4H3. The first-order chi connectivity index (χ1) is 6.10. The molecular formula is C11H25NO. The van der Waals surface area contributed by atoms with Crippen LogP contribution in [0.5, 0.6) is 0 Å². The van der Waals surface area contributed by atoms with Crippen LogP contribution in [-0.4, -0.2) is 19.3 Å². The van der Waals surface area contributed by atoms with Gasteiger partial charge in [0.2, 0.25) is 0 Å². The first-order valence-corrected chi connectivity index (χ1v) is 5.38. The topological polar surface area (TPSA) is 35.2 Å². The Morgan fingerprint density at radius 3 is 2.31 bits per heavy atom. The third-order valence-electron chi connectivity index (χ3n) is 2.52. The zero-order valence-corrected chi connectivity index (χ0v) is 9.55. The molecule has 0 aliphatic carbocycles. The Morgan fingerprint density at radius 2 is 1.85 bits per heavy atom. The fraction of sp³-hybridized carbons (Fsp3) is 1.00. The number of ether oxygens (including phenoxy) is 1. The minimum Gasteiger partial charge on any atom is -0.382 e. The van der Waals surface area contributed by atoms with Gasteiger partial charge in [0, 0.05) is 13.2 Å². The van der Waals surface area contributed by atoms with Gasteiger partial charge in [-0.05, 0) is 25.7 Å². The highest BCUT2D eigenvalue weighted by Crippen LogP contribution is 2.14. The summed E-state index contributed by atoms with van der Waals surface area (Å²) in [4.78, 5) is 0. The fourth-order valence-electron chi connectivity index (χ4n) is 1.75. The van der Waals surface area contributed by atoms with Gasteiger partial charge in [-0.2, -0.15) is 0 Å². The van der Waals surface area contributed by atoms with Crippen molar-refractivity contribution in [2.24, 2.45) is 11.7 Å². The van der Waals surface area contributed by atoms with Crippen molar-refractivity contribution < 1.29 is 4.74 Å². The van der Waals surface area contributed by atoms with Crippen LogP contribution in [0.1, 0.15) is 46.5 Å². The quantitative estimate of drug-likeness (QED) is 0.665. The number of hydrogen-bond donors (Lipinski definition) is 1. The lowest BCUT2D eigenvalue weighted by Crippen LogP contribution is -2.27. The lowest BCUT2D eigenvalue weighted by Gasteiger charge is -2.19. The van der Waals surface area contributed by atoms with Crippen molar-refractivity contribution in [3.8, 4) is 0 Å². The van der Waals surface area contributed by atoms with E-state index in [4.69, 9.17) is 10.5 Å². The Balaban J connectivity index is 3.54. The van der Waals surface area contributed by atoms with E-state index in [9.17, 15) is 0 Å². The SMILES string of the molecule is CCCC(C)CC(N)CC(C)OC. The van der Waals surface area contributed by atoms with Crippen LogP contribution in [0.25, 0.3) is 0 Å². The Kier molecular flexibility index (Phi) is 7.29. The molecule has 0 fully saturated rings. The summed E-state index contributed by atoms with van der Waals surface area (Å²) in [7, 11) is 1.74. The summed E-state index contributed by atoms with van der Waals surface area (Å²) in [5.41, 5.74) is 6.00. The molecule has 0 aliphatic heterocycles. The maximum atomic E-state index is 6.00. The molecule has 0 aromatic rings. The van der Waals surface area contributed by atoms with E-state index in [-0.39, 0.29) is 0 Å². The molecule has 0 aliphatic rings. The lowest BCUT2D eigenvalue weighted by molar-refractivity contribution is 0.102. The number of methoxy groups -OCH3 is 1. The molecule has 0 heterocycles. The molecule has 0 saturated carbocycles. The number of rotatable bonds is 7. The third-order valence-corrected chi connectivity index (χ3v) is 2.52. The van der Waals surface area contributed by atoms with Gasteiger partial charge < -0.3 is 10.5 Å².